The second-order valence-electron chi connectivity index (χ2n) is 6.08. The summed E-state index contributed by atoms with van der Waals surface area (Å²) in [6, 6.07) is 11.9. The van der Waals surface area contributed by atoms with E-state index in [1.165, 1.54) is 16.7 Å². The summed E-state index contributed by atoms with van der Waals surface area (Å²) in [7, 11) is 0. The first kappa shape index (κ1) is 15.9. The molecule has 2 aromatic carbocycles. The summed E-state index contributed by atoms with van der Waals surface area (Å²) in [5.74, 6) is 0.0843. The van der Waals surface area contributed by atoms with Crippen molar-refractivity contribution in [2.45, 2.75) is 13.5 Å². The monoisotopic (exact) mass is 348 g/mol. The Labute approximate surface area is 147 Å². The lowest BCUT2D eigenvalue weighted by molar-refractivity contribution is -0.116. The number of hydrogen-bond acceptors (Lipinski definition) is 4. The number of aromatic nitrogens is 3. The molecule has 0 aliphatic rings. The van der Waals surface area contributed by atoms with Crippen LogP contribution >= 0.6 is 0 Å². The molecule has 0 bridgehead atoms. The van der Waals surface area contributed by atoms with Crippen molar-refractivity contribution in [3.8, 4) is 5.75 Å². The van der Waals surface area contributed by atoms with E-state index in [2.05, 4.69) is 15.3 Å². The lowest BCUT2D eigenvalue weighted by Gasteiger charge is -2.11. The molecule has 130 valence electrons. The highest BCUT2D eigenvalue weighted by Crippen LogP contribution is 2.18. The molecule has 0 saturated carbocycles. The molecule has 7 heteroatoms. The van der Waals surface area contributed by atoms with E-state index in [0.29, 0.717) is 17.0 Å². The van der Waals surface area contributed by atoms with Gasteiger partial charge in [0.1, 0.15) is 18.1 Å². The van der Waals surface area contributed by atoms with Gasteiger partial charge in [0.25, 0.3) is 5.56 Å². The number of aryl methyl sites for hydroxylation is 1. The Bertz CT molecular complexity index is 1210. The lowest BCUT2D eigenvalue weighted by atomic mass is 10.2. The minimum absolute atomic E-state index is 0.0181. The zero-order chi connectivity index (χ0) is 18.3. The fraction of sp³-hybridized carbons (Fsp3) is 0.105. The fourth-order valence-electron chi connectivity index (χ4n) is 2.98. The van der Waals surface area contributed by atoms with Gasteiger partial charge in [-0.2, -0.15) is 0 Å². The van der Waals surface area contributed by atoms with E-state index in [9.17, 15) is 14.7 Å². The van der Waals surface area contributed by atoms with E-state index in [1.54, 1.807) is 19.1 Å². The molecule has 1 amide bonds. The number of phenols is 1. The van der Waals surface area contributed by atoms with Crippen molar-refractivity contribution in [1.29, 1.82) is 0 Å². The van der Waals surface area contributed by atoms with E-state index < -0.39 is 0 Å². The van der Waals surface area contributed by atoms with E-state index in [1.807, 2.05) is 24.4 Å². The highest BCUT2D eigenvalue weighted by molar-refractivity contribution is 5.93. The van der Waals surface area contributed by atoms with Crippen LogP contribution in [-0.4, -0.2) is 25.5 Å². The van der Waals surface area contributed by atoms with Gasteiger partial charge < -0.3 is 15.4 Å². The number of phenolic OH excluding ortho intramolecular Hbond substituents is 1. The highest BCUT2D eigenvalue weighted by Gasteiger charge is 2.12. The lowest BCUT2D eigenvalue weighted by Crippen LogP contribution is -2.30. The second-order valence-corrected chi connectivity index (χ2v) is 6.08. The van der Waals surface area contributed by atoms with Crippen molar-refractivity contribution < 1.29 is 9.90 Å². The normalized spacial score (nSPS) is 11.1. The summed E-state index contributed by atoms with van der Waals surface area (Å²) in [5, 5.41) is 13.7. The number of aromatic hydroxyl groups is 1. The summed E-state index contributed by atoms with van der Waals surface area (Å²) in [4.78, 5) is 32.5. The molecule has 4 aromatic rings. The SMILES string of the molecule is Cc1nc2ccc(O)cc2c(=O)n1CC(=O)Nc1ccc2cc[nH]c2c1. The van der Waals surface area contributed by atoms with Gasteiger partial charge in [0.2, 0.25) is 5.91 Å². The second kappa shape index (κ2) is 6.03. The number of aromatic amines is 1. The number of anilines is 1. The Morgan fingerprint density at radius 1 is 1.23 bits per heavy atom. The molecule has 4 rings (SSSR count). The van der Waals surface area contributed by atoms with Crippen molar-refractivity contribution in [2.24, 2.45) is 0 Å². The minimum atomic E-state index is -0.363. The zero-order valence-electron chi connectivity index (χ0n) is 14.0. The molecule has 3 N–H and O–H groups in total. The number of fused-ring (bicyclic) bond motifs is 2. The van der Waals surface area contributed by atoms with Crippen LogP contribution in [-0.2, 0) is 11.3 Å². The Morgan fingerprint density at radius 2 is 2.08 bits per heavy atom. The number of H-pyrrole nitrogens is 1. The van der Waals surface area contributed by atoms with Crippen LogP contribution in [0.5, 0.6) is 5.75 Å². The number of hydrogen-bond donors (Lipinski definition) is 3. The quantitative estimate of drug-likeness (QED) is 0.530. The molecule has 7 nitrogen and oxygen atoms in total. The predicted molar refractivity (Wildman–Crippen MR) is 99.3 cm³/mol. The van der Waals surface area contributed by atoms with Crippen molar-refractivity contribution in [1.82, 2.24) is 14.5 Å². The van der Waals surface area contributed by atoms with Crippen LogP contribution in [0.3, 0.4) is 0 Å². The van der Waals surface area contributed by atoms with E-state index in [0.717, 1.165) is 10.9 Å². The number of nitrogens with zero attached hydrogens (tertiary/aromatic N) is 2. The first-order chi connectivity index (χ1) is 12.5. The van der Waals surface area contributed by atoms with Gasteiger partial charge in [0, 0.05) is 17.4 Å². The van der Waals surface area contributed by atoms with Crippen LogP contribution in [0.25, 0.3) is 21.8 Å². The molecule has 2 heterocycles. The first-order valence-electron chi connectivity index (χ1n) is 8.08. The molecule has 0 unspecified atom stereocenters. The van der Waals surface area contributed by atoms with Gasteiger partial charge in [0.15, 0.2) is 0 Å². The van der Waals surface area contributed by atoms with Gasteiger partial charge in [-0.1, -0.05) is 6.07 Å². The topological polar surface area (TPSA) is 100 Å². The molecule has 0 aliphatic heterocycles. The fourth-order valence-corrected chi connectivity index (χ4v) is 2.98. The third-order valence-electron chi connectivity index (χ3n) is 4.27. The van der Waals surface area contributed by atoms with Gasteiger partial charge in [-0.25, -0.2) is 4.98 Å². The maximum Gasteiger partial charge on any atom is 0.261 e. The van der Waals surface area contributed by atoms with Crippen LogP contribution in [0.2, 0.25) is 0 Å². The molecule has 0 saturated heterocycles. The van der Waals surface area contributed by atoms with Crippen LogP contribution in [0.4, 0.5) is 5.69 Å². The molecule has 0 fully saturated rings. The van der Waals surface area contributed by atoms with Gasteiger partial charge in [-0.3, -0.25) is 14.2 Å². The summed E-state index contributed by atoms with van der Waals surface area (Å²) in [6.07, 6.45) is 1.83. The highest BCUT2D eigenvalue weighted by atomic mass is 16.3. The maximum absolute atomic E-state index is 12.7. The standard InChI is InChI=1S/C19H16N4O3/c1-11-21-16-5-4-14(24)9-15(16)19(26)23(11)10-18(25)22-13-3-2-12-6-7-20-17(12)8-13/h2-9,20,24H,10H2,1H3,(H,22,25). The number of carbonyl (C=O) groups excluding carboxylic acids is 1. The summed E-state index contributed by atoms with van der Waals surface area (Å²) < 4.78 is 1.30. The Kier molecular flexibility index (Phi) is 3.69. The number of amides is 1. The zero-order valence-corrected chi connectivity index (χ0v) is 14.0. The Balaban J connectivity index is 1.63. The van der Waals surface area contributed by atoms with Gasteiger partial charge >= 0.3 is 0 Å². The molecular formula is C19H16N4O3. The number of nitrogens with one attached hydrogen (secondary N) is 2. The van der Waals surface area contributed by atoms with Crippen molar-refractivity contribution in [3.63, 3.8) is 0 Å². The summed E-state index contributed by atoms with van der Waals surface area (Å²) in [5.41, 5.74) is 1.68. The van der Waals surface area contributed by atoms with E-state index >= 15 is 0 Å². The van der Waals surface area contributed by atoms with Gasteiger partial charge in [-0.15, -0.1) is 0 Å². The third kappa shape index (κ3) is 2.79. The van der Waals surface area contributed by atoms with Crippen LogP contribution in [0.1, 0.15) is 5.82 Å². The Morgan fingerprint density at radius 3 is 2.92 bits per heavy atom. The molecular weight excluding hydrogens is 332 g/mol. The van der Waals surface area contributed by atoms with Crippen molar-refractivity contribution in [3.05, 3.63) is 64.8 Å². The van der Waals surface area contributed by atoms with Gasteiger partial charge in [0.05, 0.1) is 10.9 Å². The van der Waals surface area contributed by atoms with Crippen LogP contribution < -0.4 is 10.9 Å². The average molecular weight is 348 g/mol. The minimum Gasteiger partial charge on any atom is -0.508 e. The van der Waals surface area contributed by atoms with Crippen molar-refractivity contribution >= 4 is 33.4 Å². The number of rotatable bonds is 3. The molecule has 2 aromatic heterocycles. The molecule has 0 aliphatic carbocycles. The number of benzene rings is 2. The molecule has 0 radical (unpaired) electrons. The molecule has 0 atom stereocenters. The van der Waals surface area contributed by atoms with Crippen molar-refractivity contribution in [2.75, 3.05) is 5.32 Å². The summed E-state index contributed by atoms with van der Waals surface area (Å²) >= 11 is 0. The Hall–Kier alpha value is -3.61. The largest absolute Gasteiger partial charge is 0.508 e. The van der Waals surface area contributed by atoms with E-state index in [-0.39, 0.29) is 29.1 Å². The predicted octanol–water partition coefficient (Wildman–Crippen LogP) is 2.53. The summed E-state index contributed by atoms with van der Waals surface area (Å²) in [6.45, 7) is 1.51. The molecule has 26 heavy (non-hydrogen) atoms. The first-order valence-corrected chi connectivity index (χ1v) is 8.08. The van der Waals surface area contributed by atoms with Gasteiger partial charge in [-0.05, 0) is 48.7 Å². The smallest absolute Gasteiger partial charge is 0.261 e. The molecule has 0 spiro atoms. The number of carbonyl (C=O) groups is 1. The van der Waals surface area contributed by atoms with E-state index in [4.69, 9.17) is 0 Å². The van der Waals surface area contributed by atoms with Crippen LogP contribution in [0, 0.1) is 6.92 Å². The van der Waals surface area contributed by atoms with Crippen LogP contribution in [0.15, 0.2) is 53.5 Å². The average Bonchev–Trinajstić information content (AvgIpc) is 3.07. The maximum atomic E-state index is 12.7. The third-order valence-corrected chi connectivity index (χ3v) is 4.27.